The van der Waals surface area contributed by atoms with E-state index in [1.165, 1.54) is 0 Å². The van der Waals surface area contributed by atoms with Crippen LogP contribution >= 0.6 is 0 Å². The average Bonchev–Trinajstić information content (AvgIpc) is 2.10. The second-order valence-corrected chi connectivity index (χ2v) is 5.07. The number of carbonyl (C=O) groups is 1. The van der Waals surface area contributed by atoms with E-state index in [2.05, 4.69) is 5.32 Å². The normalized spacial score (nSPS) is 11.3. The van der Waals surface area contributed by atoms with E-state index in [4.69, 9.17) is 5.11 Å². The molecule has 1 aromatic rings. The van der Waals surface area contributed by atoms with Crippen LogP contribution in [0.5, 0.6) is 5.75 Å². The lowest BCUT2D eigenvalue weighted by molar-refractivity contribution is 0.182. The van der Waals surface area contributed by atoms with Crippen molar-refractivity contribution in [2.45, 2.75) is 39.7 Å². The Bertz CT molecular complexity index is 415. The monoisotopic (exact) mass is 237 g/mol. The van der Waals surface area contributed by atoms with E-state index in [9.17, 15) is 9.90 Å². The fraction of sp³-hybridized carbons (Fsp3) is 0.462. The summed E-state index contributed by atoms with van der Waals surface area (Å²) < 4.78 is 0. The number of phenolic OH excluding ortho intramolecular Hbond substituents is 1. The lowest BCUT2D eigenvalue weighted by atomic mass is 9.93. The van der Waals surface area contributed by atoms with Gasteiger partial charge in [-0.25, -0.2) is 4.79 Å². The maximum atomic E-state index is 10.6. The summed E-state index contributed by atoms with van der Waals surface area (Å²) in [6.07, 6.45) is -0.441. The van der Waals surface area contributed by atoms with Gasteiger partial charge in [-0.15, -0.1) is 0 Å². The summed E-state index contributed by atoms with van der Waals surface area (Å²) in [5.41, 5.74) is 2.11. The SMILES string of the molecule is Cc1cc(CC(C)(C)NC(=O)O)cc(C)c1O. The highest BCUT2D eigenvalue weighted by Crippen LogP contribution is 2.25. The zero-order chi connectivity index (χ0) is 13.2. The summed E-state index contributed by atoms with van der Waals surface area (Å²) >= 11 is 0. The Morgan fingerprint density at radius 2 is 1.76 bits per heavy atom. The molecule has 3 N–H and O–H groups in total. The molecule has 0 aromatic heterocycles. The molecular weight excluding hydrogens is 218 g/mol. The van der Waals surface area contributed by atoms with Gasteiger partial charge in [0.05, 0.1) is 0 Å². The van der Waals surface area contributed by atoms with E-state index in [1.807, 2.05) is 39.8 Å². The predicted octanol–water partition coefficient (Wildman–Crippen LogP) is 2.60. The second kappa shape index (κ2) is 4.65. The number of amides is 1. The third-order valence-electron chi connectivity index (χ3n) is 2.64. The van der Waals surface area contributed by atoms with Crippen LogP contribution in [0.2, 0.25) is 0 Å². The van der Waals surface area contributed by atoms with Crippen molar-refractivity contribution in [3.8, 4) is 5.75 Å². The second-order valence-electron chi connectivity index (χ2n) is 5.07. The van der Waals surface area contributed by atoms with E-state index < -0.39 is 11.6 Å². The van der Waals surface area contributed by atoms with Crippen molar-refractivity contribution in [2.24, 2.45) is 0 Å². The Morgan fingerprint density at radius 3 is 2.18 bits per heavy atom. The number of benzene rings is 1. The van der Waals surface area contributed by atoms with Crippen molar-refractivity contribution >= 4 is 6.09 Å². The van der Waals surface area contributed by atoms with E-state index in [0.717, 1.165) is 16.7 Å². The van der Waals surface area contributed by atoms with Gasteiger partial charge >= 0.3 is 6.09 Å². The first kappa shape index (κ1) is 13.4. The molecule has 4 heteroatoms. The number of carboxylic acid groups (broad SMARTS) is 1. The smallest absolute Gasteiger partial charge is 0.405 e. The van der Waals surface area contributed by atoms with Crippen LogP contribution in [0.15, 0.2) is 12.1 Å². The maximum Gasteiger partial charge on any atom is 0.405 e. The van der Waals surface area contributed by atoms with E-state index in [0.29, 0.717) is 12.2 Å². The summed E-state index contributed by atoms with van der Waals surface area (Å²) in [6, 6.07) is 3.77. The minimum Gasteiger partial charge on any atom is -0.507 e. The summed E-state index contributed by atoms with van der Waals surface area (Å²) in [4.78, 5) is 10.6. The quantitative estimate of drug-likeness (QED) is 0.756. The zero-order valence-corrected chi connectivity index (χ0v) is 10.7. The molecule has 1 aromatic carbocycles. The number of hydrogen-bond acceptors (Lipinski definition) is 2. The van der Waals surface area contributed by atoms with Gasteiger partial charge in [0.25, 0.3) is 0 Å². The van der Waals surface area contributed by atoms with Gasteiger partial charge in [0.15, 0.2) is 0 Å². The molecular formula is C13H19NO3. The number of aryl methyl sites for hydroxylation is 2. The maximum absolute atomic E-state index is 10.6. The fourth-order valence-electron chi connectivity index (χ4n) is 1.99. The van der Waals surface area contributed by atoms with Crippen LogP contribution in [0, 0.1) is 13.8 Å². The van der Waals surface area contributed by atoms with Crippen molar-refractivity contribution in [1.82, 2.24) is 5.32 Å². The molecule has 1 amide bonds. The molecule has 0 aliphatic rings. The van der Waals surface area contributed by atoms with Crippen LogP contribution in [-0.4, -0.2) is 21.8 Å². The van der Waals surface area contributed by atoms with Gasteiger partial charge in [0.2, 0.25) is 0 Å². The van der Waals surface area contributed by atoms with Gasteiger partial charge in [-0.05, 0) is 50.8 Å². The first-order valence-corrected chi connectivity index (χ1v) is 5.51. The summed E-state index contributed by atoms with van der Waals surface area (Å²) in [7, 11) is 0. The highest BCUT2D eigenvalue weighted by atomic mass is 16.4. The molecule has 0 saturated heterocycles. The molecule has 0 bridgehead atoms. The van der Waals surface area contributed by atoms with Crippen LogP contribution in [-0.2, 0) is 6.42 Å². The standard InChI is InChI=1S/C13H19NO3/c1-8-5-10(6-9(2)11(8)15)7-13(3,4)14-12(16)17/h5-6,14-15H,7H2,1-4H3,(H,16,17). The van der Waals surface area contributed by atoms with Crippen molar-refractivity contribution in [2.75, 3.05) is 0 Å². The Labute approximate surface area is 101 Å². The lowest BCUT2D eigenvalue weighted by Crippen LogP contribution is -2.44. The molecule has 4 nitrogen and oxygen atoms in total. The molecule has 0 heterocycles. The van der Waals surface area contributed by atoms with E-state index in [-0.39, 0.29) is 0 Å². The third-order valence-corrected chi connectivity index (χ3v) is 2.64. The van der Waals surface area contributed by atoms with E-state index >= 15 is 0 Å². The van der Waals surface area contributed by atoms with Crippen LogP contribution in [0.3, 0.4) is 0 Å². The van der Waals surface area contributed by atoms with Crippen molar-refractivity contribution < 1.29 is 15.0 Å². The van der Waals surface area contributed by atoms with Gasteiger partial charge < -0.3 is 15.5 Å². The molecule has 0 fully saturated rings. The largest absolute Gasteiger partial charge is 0.507 e. The highest BCUT2D eigenvalue weighted by molar-refractivity contribution is 5.65. The topological polar surface area (TPSA) is 69.6 Å². The van der Waals surface area contributed by atoms with Crippen molar-refractivity contribution in [1.29, 1.82) is 0 Å². The van der Waals surface area contributed by atoms with E-state index in [1.54, 1.807) is 0 Å². The average molecular weight is 237 g/mol. The Morgan fingerprint density at radius 1 is 1.29 bits per heavy atom. The summed E-state index contributed by atoms with van der Waals surface area (Å²) in [5.74, 6) is 0.303. The molecule has 0 spiro atoms. The first-order chi connectivity index (χ1) is 7.71. The zero-order valence-electron chi connectivity index (χ0n) is 10.7. The molecule has 1 rings (SSSR count). The minimum atomic E-state index is -1.03. The predicted molar refractivity (Wildman–Crippen MR) is 66.5 cm³/mol. The third kappa shape index (κ3) is 3.66. The van der Waals surface area contributed by atoms with Crippen LogP contribution < -0.4 is 5.32 Å². The first-order valence-electron chi connectivity index (χ1n) is 5.51. The summed E-state index contributed by atoms with van der Waals surface area (Å²) in [5, 5.41) is 20.9. The number of aromatic hydroxyl groups is 1. The molecule has 0 saturated carbocycles. The number of hydrogen-bond donors (Lipinski definition) is 3. The molecule has 0 aliphatic carbocycles. The molecule has 0 aliphatic heterocycles. The lowest BCUT2D eigenvalue weighted by Gasteiger charge is -2.25. The Hall–Kier alpha value is -1.71. The highest BCUT2D eigenvalue weighted by Gasteiger charge is 2.21. The number of phenols is 1. The number of nitrogens with one attached hydrogen (secondary N) is 1. The van der Waals surface area contributed by atoms with Crippen molar-refractivity contribution in [3.63, 3.8) is 0 Å². The molecule has 0 radical (unpaired) electrons. The van der Waals surface area contributed by atoms with Gasteiger partial charge in [0, 0.05) is 5.54 Å². The van der Waals surface area contributed by atoms with Gasteiger partial charge in [-0.3, -0.25) is 0 Å². The van der Waals surface area contributed by atoms with Crippen LogP contribution in [0.1, 0.15) is 30.5 Å². The Kier molecular flexibility index (Phi) is 3.66. The van der Waals surface area contributed by atoms with Crippen LogP contribution in [0.4, 0.5) is 4.79 Å². The molecule has 94 valence electrons. The molecule has 0 atom stereocenters. The summed E-state index contributed by atoms with van der Waals surface area (Å²) in [6.45, 7) is 7.34. The van der Waals surface area contributed by atoms with Crippen molar-refractivity contribution in [3.05, 3.63) is 28.8 Å². The van der Waals surface area contributed by atoms with Gasteiger partial charge in [-0.2, -0.15) is 0 Å². The Balaban J connectivity index is 2.92. The minimum absolute atomic E-state index is 0.303. The number of rotatable bonds is 3. The molecule has 0 unspecified atom stereocenters. The fourth-order valence-corrected chi connectivity index (χ4v) is 1.99. The molecule has 17 heavy (non-hydrogen) atoms. The van der Waals surface area contributed by atoms with Crippen LogP contribution in [0.25, 0.3) is 0 Å². The van der Waals surface area contributed by atoms with Gasteiger partial charge in [-0.1, -0.05) is 12.1 Å². The van der Waals surface area contributed by atoms with Gasteiger partial charge in [0.1, 0.15) is 5.75 Å².